The van der Waals surface area contributed by atoms with Crippen LogP contribution >= 0.6 is 0 Å². The van der Waals surface area contributed by atoms with E-state index in [4.69, 9.17) is 19.2 Å². The van der Waals surface area contributed by atoms with E-state index < -0.39 is 5.60 Å². The van der Waals surface area contributed by atoms with Gasteiger partial charge in [0.1, 0.15) is 18.8 Å². The molecule has 7 heteroatoms. The lowest BCUT2D eigenvalue weighted by atomic mass is 10.1. The first-order valence-electron chi connectivity index (χ1n) is 14.0. The average Bonchev–Trinajstić information content (AvgIpc) is 2.99. The molecule has 1 aliphatic heterocycles. The van der Waals surface area contributed by atoms with E-state index in [-0.39, 0.29) is 6.09 Å². The molecule has 0 radical (unpaired) electrons. The number of rotatable bonds is 8. The molecule has 0 N–H and O–H groups in total. The van der Waals surface area contributed by atoms with Crippen molar-refractivity contribution in [3.63, 3.8) is 0 Å². The topological polar surface area (TPSA) is 64.1 Å². The van der Waals surface area contributed by atoms with Gasteiger partial charge in [-0.25, -0.2) is 4.79 Å². The Labute approximate surface area is 242 Å². The van der Waals surface area contributed by atoms with Crippen LogP contribution in [0, 0.1) is 0 Å². The molecule has 0 bridgehead atoms. The number of carbonyl (C=O) groups is 1. The lowest BCUT2D eigenvalue weighted by Crippen LogP contribution is -2.50. The molecule has 1 fully saturated rings. The van der Waals surface area contributed by atoms with Crippen LogP contribution in [0.3, 0.4) is 0 Å². The van der Waals surface area contributed by atoms with Crippen LogP contribution in [0.2, 0.25) is 0 Å². The van der Waals surface area contributed by atoms with E-state index in [1.807, 2.05) is 93.6 Å². The maximum Gasteiger partial charge on any atom is 0.410 e. The Kier molecular flexibility index (Phi) is 8.73. The highest BCUT2D eigenvalue weighted by molar-refractivity contribution is 5.71. The van der Waals surface area contributed by atoms with Crippen LogP contribution in [0.25, 0.3) is 11.1 Å². The first-order valence-corrected chi connectivity index (χ1v) is 14.0. The molecular formula is C34H37N3O4. The number of anilines is 1. The second kappa shape index (κ2) is 12.8. The van der Waals surface area contributed by atoms with Gasteiger partial charge in [0.25, 0.3) is 0 Å². The summed E-state index contributed by atoms with van der Waals surface area (Å²) in [5.41, 5.74) is 4.67. The summed E-state index contributed by atoms with van der Waals surface area (Å²) in [6.45, 7) is 9.26. The minimum absolute atomic E-state index is 0.251. The van der Waals surface area contributed by atoms with Crippen LogP contribution in [-0.2, 0) is 18.0 Å². The molecule has 2 heterocycles. The predicted octanol–water partition coefficient (Wildman–Crippen LogP) is 6.96. The summed E-state index contributed by atoms with van der Waals surface area (Å²) in [7, 11) is 0. The monoisotopic (exact) mass is 551 g/mol. The maximum atomic E-state index is 12.4. The number of hydrogen-bond acceptors (Lipinski definition) is 6. The molecule has 0 unspecified atom stereocenters. The molecule has 0 aliphatic carbocycles. The molecule has 3 aromatic carbocycles. The first kappa shape index (κ1) is 28.0. The van der Waals surface area contributed by atoms with Crippen LogP contribution < -0.4 is 14.4 Å². The molecule has 0 spiro atoms. The molecule has 5 rings (SSSR count). The molecule has 4 aromatic rings. The zero-order valence-corrected chi connectivity index (χ0v) is 24.0. The molecule has 7 nitrogen and oxygen atoms in total. The Morgan fingerprint density at radius 1 is 0.732 bits per heavy atom. The summed E-state index contributed by atoms with van der Waals surface area (Å²) >= 11 is 0. The lowest BCUT2D eigenvalue weighted by molar-refractivity contribution is 0.0240. The van der Waals surface area contributed by atoms with E-state index in [1.54, 1.807) is 4.90 Å². The van der Waals surface area contributed by atoms with E-state index in [0.717, 1.165) is 41.0 Å². The molecule has 0 saturated carbocycles. The van der Waals surface area contributed by atoms with Crippen molar-refractivity contribution in [2.75, 3.05) is 31.1 Å². The highest BCUT2D eigenvalue weighted by Gasteiger charge is 2.26. The number of benzene rings is 3. The fraction of sp³-hybridized carbons (Fsp3) is 0.294. The minimum atomic E-state index is -0.491. The van der Waals surface area contributed by atoms with Crippen LogP contribution in [0.4, 0.5) is 10.5 Å². The number of nitrogens with zero attached hydrogens (tertiary/aromatic N) is 3. The lowest BCUT2D eigenvalue weighted by Gasteiger charge is -2.36. The van der Waals surface area contributed by atoms with Gasteiger partial charge in [0, 0.05) is 43.5 Å². The van der Waals surface area contributed by atoms with E-state index in [9.17, 15) is 4.79 Å². The first-order chi connectivity index (χ1) is 19.8. The third-order valence-corrected chi connectivity index (χ3v) is 6.76. The molecule has 212 valence electrons. The van der Waals surface area contributed by atoms with Gasteiger partial charge < -0.3 is 24.0 Å². The van der Waals surface area contributed by atoms with Gasteiger partial charge in [-0.05, 0) is 55.7 Å². The summed E-state index contributed by atoms with van der Waals surface area (Å²) in [6.07, 6.45) is -0.251. The molecule has 1 aromatic heterocycles. The van der Waals surface area contributed by atoms with Crippen LogP contribution in [-0.4, -0.2) is 47.8 Å². The Bertz CT molecular complexity index is 1410. The van der Waals surface area contributed by atoms with Crippen molar-refractivity contribution in [3.8, 4) is 22.9 Å². The van der Waals surface area contributed by atoms with Gasteiger partial charge >= 0.3 is 6.09 Å². The van der Waals surface area contributed by atoms with E-state index in [0.29, 0.717) is 38.1 Å². The van der Waals surface area contributed by atoms with Crippen molar-refractivity contribution in [2.45, 2.75) is 39.6 Å². The zero-order chi connectivity index (χ0) is 28.7. The maximum absolute atomic E-state index is 12.4. The molecule has 1 amide bonds. The molecule has 1 aliphatic rings. The zero-order valence-electron chi connectivity index (χ0n) is 24.0. The number of pyridine rings is 1. The summed E-state index contributed by atoms with van der Waals surface area (Å²) < 4.78 is 17.8. The van der Waals surface area contributed by atoms with Gasteiger partial charge in [-0.3, -0.25) is 0 Å². The molecule has 0 atom stereocenters. The van der Waals surface area contributed by atoms with Gasteiger partial charge in [0.05, 0.1) is 0 Å². The van der Waals surface area contributed by atoms with Crippen LogP contribution in [0.15, 0.2) is 97.1 Å². The van der Waals surface area contributed by atoms with E-state index in [2.05, 4.69) is 29.2 Å². The summed E-state index contributed by atoms with van der Waals surface area (Å²) in [4.78, 5) is 21.2. The molecule has 1 saturated heterocycles. The highest BCUT2D eigenvalue weighted by atomic mass is 16.6. The second-order valence-corrected chi connectivity index (χ2v) is 11.1. The van der Waals surface area contributed by atoms with Crippen molar-refractivity contribution in [1.82, 2.24) is 9.88 Å². The molecular weight excluding hydrogens is 514 g/mol. The summed E-state index contributed by atoms with van der Waals surface area (Å²) in [5, 5.41) is 0. The van der Waals surface area contributed by atoms with Gasteiger partial charge in [0.15, 0.2) is 0 Å². The average molecular weight is 552 g/mol. The van der Waals surface area contributed by atoms with E-state index >= 15 is 0 Å². The second-order valence-electron chi connectivity index (χ2n) is 11.1. The summed E-state index contributed by atoms with van der Waals surface area (Å²) in [5.74, 6) is 1.04. The fourth-order valence-electron chi connectivity index (χ4n) is 4.62. The number of amides is 1. The van der Waals surface area contributed by atoms with Crippen molar-refractivity contribution < 1.29 is 19.0 Å². The fourth-order valence-corrected chi connectivity index (χ4v) is 4.62. The Balaban J connectivity index is 1.29. The number of carbonyl (C=O) groups excluding carboxylic acids is 1. The van der Waals surface area contributed by atoms with Crippen LogP contribution in [0.1, 0.15) is 31.9 Å². The summed E-state index contributed by atoms with van der Waals surface area (Å²) in [6, 6.07) is 32.4. The Morgan fingerprint density at radius 3 is 1.90 bits per heavy atom. The smallest absolute Gasteiger partial charge is 0.410 e. The van der Waals surface area contributed by atoms with E-state index in [1.165, 1.54) is 0 Å². The standard InChI is InChI=1S/C34H37N3O4/c1-34(2,3)41-33(38)37-22-20-36(21-23-37)29-16-14-28(15-17-29)30-18-19-31(39-24-26-10-6-4-7-11-26)35-32(30)40-25-27-12-8-5-9-13-27/h4-19H,20-25H2,1-3H3. The van der Waals surface area contributed by atoms with Gasteiger partial charge in [-0.15, -0.1) is 0 Å². The number of piperazine rings is 1. The quantitative estimate of drug-likeness (QED) is 0.236. The van der Waals surface area contributed by atoms with Crippen molar-refractivity contribution in [3.05, 3.63) is 108 Å². The van der Waals surface area contributed by atoms with Gasteiger partial charge in [-0.2, -0.15) is 4.98 Å². The normalized spacial score (nSPS) is 13.5. The minimum Gasteiger partial charge on any atom is -0.473 e. The largest absolute Gasteiger partial charge is 0.473 e. The SMILES string of the molecule is CC(C)(C)OC(=O)N1CCN(c2ccc(-c3ccc(OCc4ccccc4)nc3OCc3ccccc3)cc2)CC1. The molecule has 41 heavy (non-hydrogen) atoms. The van der Waals surface area contributed by atoms with Gasteiger partial charge in [-0.1, -0.05) is 72.8 Å². The number of ether oxygens (including phenoxy) is 3. The van der Waals surface area contributed by atoms with Gasteiger partial charge in [0.2, 0.25) is 11.8 Å². The van der Waals surface area contributed by atoms with Crippen LogP contribution in [0.5, 0.6) is 11.8 Å². The predicted molar refractivity (Wildman–Crippen MR) is 161 cm³/mol. The van der Waals surface area contributed by atoms with Crippen molar-refractivity contribution in [1.29, 1.82) is 0 Å². The number of hydrogen-bond donors (Lipinski definition) is 0. The van der Waals surface area contributed by atoms with Crippen molar-refractivity contribution >= 4 is 11.8 Å². The third-order valence-electron chi connectivity index (χ3n) is 6.76. The van der Waals surface area contributed by atoms with Crippen molar-refractivity contribution in [2.24, 2.45) is 0 Å². The Hall–Kier alpha value is -4.52. The Morgan fingerprint density at radius 2 is 1.32 bits per heavy atom. The highest BCUT2D eigenvalue weighted by Crippen LogP contribution is 2.33. The number of aromatic nitrogens is 1. The third kappa shape index (κ3) is 7.78.